The van der Waals surface area contributed by atoms with Gasteiger partial charge in [0.1, 0.15) is 0 Å². The molecule has 1 aromatic heterocycles. The number of rotatable bonds is 5. The number of hydrogen-bond acceptors (Lipinski definition) is 5. The summed E-state index contributed by atoms with van der Waals surface area (Å²) in [5, 5.41) is 4.29. The average Bonchev–Trinajstić information content (AvgIpc) is 2.98. The summed E-state index contributed by atoms with van der Waals surface area (Å²) in [6, 6.07) is 0. The Balaban J connectivity index is 2.27. The number of aromatic nitrogens is 2. The minimum Gasteiger partial charge on any atom is -0.469 e. The van der Waals surface area contributed by atoms with Crippen molar-refractivity contribution >= 4 is 13.1 Å². The van der Waals surface area contributed by atoms with Gasteiger partial charge in [-0.1, -0.05) is 0 Å². The van der Waals surface area contributed by atoms with Crippen LogP contribution in [0.3, 0.4) is 0 Å². The van der Waals surface area contributed by atoms with E-state index in [4.69, 9.17) is 14.0 Å². The van der Waals surface area contributed by atoms with Crippen molar-refractivity contribution in [1.29, 1.82) is 0 Å². The summed E-state index contributed by atoms with van der Waals surface area (Å²) in [4.78, 5) is 11.8. The Bertz CT molecular complexity index is 525. The molecule has 0 spiro atoms. The minimum absolute atomic E-state index is 0.197. The highest BCUT2D eigenvalue weighted by molar-refractivity contribution is 6.48. The molecule has 0 radical (unpaired) electrons. The lowest BCUT2D eigenvalue weighted by Crippen LogP contribution is -2.41. The van der Waals surface area contributed by atoms with Gasteiger partial charge in [-0.2, -0.15) is 5.10 Å². The standard InChI is InChI=1S/C15H25BN2O4/c1-7-18-10-11(9-17-18)12(8-13(19)20-6)16-21-14(2,3)15(4,5)22-16/h9-10,12H,7-8H2,1-6H3. The zero-order valence-electron chi connectivity index (χ0n) is 14.3. The maximum atomic E-state index is 11.8. The highest BCUT2D eigenvalue weighted by Gasteiger charge is 2.54. The molecule has 7 heteroatoms. The third kappa shape index (κ3) is 3.20. The molecular formula is C15H25BN2O4. The van der Waals surface area contributed by atoms with Crippen molar-refractivity contribution in [2.24, 2.45) is 0 Å². The number of methoxy groups -OCH3 is 1. The number of ether oxygens (including phenoxy) is 1. The zero-order valence-corrected chi connectivity index (χ0v) is 14.3. The van der Waals surface area contributed by atoms with E-state index in [1.165, 1.54) is 7.11 Å². The Morgan fingerprint density at radius 3 is 2.41 bits per heavy atom. The molecule has 22 heavy (non-hydrogen) atoms. The van der Waals surface area contributed by atoms with Crippen LogP contribution in [0.4, 0.5) is 0 Å². The molecule has 0 aliphatic carbocycles. The number of nitrogens with zero attached hydrogens (tertiary/aromatic N) is 2. The molecule has 6 nitrogen and oxygen atoms in total. The van der Waals surface area contributed by atoms with Crippen LogP contribution >= 0.6 is 0 Å². The van der Waals surface area contributed by atoms with E-state index in [-0.39, 0.29) is 18.2 Å². The first-order valence-corrected chi connectivity index (χ1v) is 7.65. The van der Waals surface area contributed by atoms with Gasteiger partial charge in [-0.15, -0.1) is 0 Å². The summed E-state index contributed by atoms with van der Waals surface area (Å²) in [5.41, 5.74) is 0.0466. The van der Waals surface area contributed by atoms with Gasteiger partial charge >= 0.3 is 13.1 Å². The van der Waals surface area contributed by atoms with Crippen LogP contribution in [0.1, 0.15) is 52.4 Å². The molecule has 1 saturated heterocycles. The molecule has 2 heterocycles. The normalized spacial score (nSPS) is 20.9. The monoisotopic (exact) mass is 308 g/mol. The second-order valence-corrected chi connectivity index (χ2v) is 6.64. The van der Waals surface area contributed by atoms with Gasteiger partial charge in [0.2, 0.25) is 0 Å². The van der Waals surface area contributed by atoms with Gasteiger partial charge in [0, 0.05) is 18.6 Å². The molecule has 0 N–H and O–H groups in total. The smallest absolute Gasteiger partial charge is 0.466 e. The van der Waals surface area contributed by atoms with Crippen LogP contribution in [0.15, 0.2) is 12.4 Å². The van der Waals surface area contributed by atoms with Gasteiger partial charge in [-0.05, 0) is 40.2 Å². The van der Waals surface area contributed by atoms with Crippen LogP contribution in [-0.4, -0.2) is 41.2 Å². The summed E-state index contributed by atoms with van der Waals surface area (Å²) < 4.78 is 18.8. The Labute approximate surface area is 132 Å². The second kappa shape index (κ2) is 6.04. The van der Waals surface area contributed by atoms with Crippen molar-refractivity contribution in [2.45, 2.75) is 64.6 Å². The highest BCUT2D eigenvalue weighted by atomic mass is 16.7. The Kier molecular flexibility index (Phi) is 4.68. The fourth-order valence-corrected chi connectivity index (χ4v) is 2.43. The Morgan fingerprint density at radius 1 is 1.36 bits per heavy atom. The first kappa shape index (κ1) is 17.0. The molecule has 122 valence electrons. The summed E-state index contributed by atoms with van der Waals surface area (Å²) in [5.74, 6) is -0.530. The van der Waals surface area contributed by atoms with Crippen LogP contribution in [0.25, 0.3) is 0 Å². The number of hydrogen-bond donors (Lipinski definition) is 0. The van der Waals surface area contributed by atoms with E-state index >= 15 is 0 Å². The van der Waals surface area contributed by atoms with E-state index < -0.39 is 18.3 Å². The van der Waals surface area contributed by atoms with Gasteiger partial charge in [-0.25, -0.2) is 0 Å². The second-order valence-electron chi connectivity index (χ2n) is 6.64. The van der Waals surface area contributed by atoms with E-state index in [0.29, 0.717) is 0 Å². The van der Waals surface area contributed by atoms with Gasteiger partial charge in [0.15, 0.2) is 0 Å². The average molecular weight is 308 g/mol. The summed E-state index contributed by atoms with van der Waals surface area (Å²) in [6.07, 6.45) is 3.89. The van der Waals surface area contributed by atoms with Gasteiger partial charge in [0.25, 0.3) is 0 Å². The predicted molar refractivity (Wildman–Crippen MR) is 83.4 cm³/mol. The fraction of sp³-hybridized carbons (Fsp3) is 0.733. The molecule has 0 saturated carbocycles. The quantitative estimate of drug-likeness (QED) is 0.616. The van der Waals surface area contributed by atoms with Crippen molar-refractivity contribution in [3.63, 3.8) is 0 Å². The molecule has 0 bridgehead atoms. The highest BCUT2D eigenvalue weighted by Crippen LogP contribution is 2.41. The molecule has 1 fully saturated rings. The Hall–Kier alpha value is -1.34. The van der Waals surface area contributed by atoms with E-state index in [1.807, 2.05) is 45.5 Å². The minimum atomic E-state index is -0.501. The third-order valence-electron chi connectivity index (χ3n) is 4.62. The van der Waals surface area contributed by atoms with E-state index in [2.05, 4.69) is 5.10 Å². The van der Waals surface area contributed by atoms with Crippen molar-refractivity contribution in [2.75, 3.05) is 7.11 Å². The van der Waals surface area contributed by atoms with E-state index in [0.717, 1.165) is 12.1 Å². The molecule has 1 aliphatic rings. The maximum absolute atomic E-state index is 11.8. The number of esters is 1. The lowest BCUT2D eigenvalue weighted by atomic mass is 9.67. The summed E-state index contributed by atoms with van der Waals surface area (Å²) >= 11 is 0. The van der Waals surface area contributed by atoms with Crippen LogP contribution in [0, 0.1) is 0 Å². The van der Waals surface area contributed by atoms with E-state index in [1.54, 1.807) is 6.20 Å². The Morgan fingerprint density at radius 2 is 1.95 bits per heavy atom. The van der Waals surface area contributed by atoms with Crippen molar-refractivity contribution in [3.8, 4) is 0 Å². The van der Waals surface area contributed by atoms with Crippen LogP contribution < -0.4 is 0 Å². The molecule has 1 aliphatic heterocycles. The topological polar surface area (TPSA) is 62.6 Å². The van der Waals surface area contributed by atoms with Gasteiger partial charge in [0.05, 0.1) is 30.9 Å². The number of carbonyl (C=O) groups excluding carboxylic acids is 1. The summed E-state index contributed by atoms with van der Waals surface area (Å²) in [6.45, 7) is 10.8. The van der Waals surface area contributed by atoms with Gasteiger partial charge < -0.3 is 14.0 Å². The lowest BCUT2D eigenvalue weighted by Gasteiger charge is -2.32. The SMILES string of the molecule is CCn1cc(C(CC(=O)OC)B2OC(C)(C)C(C)(C)O2)cn1. The maximum Gasteiger partial charge on any atom is 0.466 e. The predicted octanol–water partition coefficient (Wildman–Crippen LogP) is 2.18. The zero-order chi connectivity index (χ0) is 16.5. The first-order valence-electron chi connectivity index (χ1n) is 7.65. The number of aryl methyl sites for hydroxylation is 1. The molecule has 1 atom stereocenters. The largest absolute Gasteiger partial charge is 0.469 e. The lowest BCUT2D eigenvalue weighted by molar-refractivity contribution is -0.140. The van der Waals surface area contributed by atoms with Crippen molar-refractivity contribution < 1.29 is 18.8 Å². The molecule has 1 aromatic rings. The molecule has 2 rings (SSSR count). The molecule has 0 amide bonds. The molecule has 1 unspecified atom stereocenters. The first-order chi connectivity index (χ1) is 10.2. The van der Waals surface area contributed by atoms with E-state index in [9.17, 15) is 4.79 Å². The van der Waals surface area contributed by atoms with Crippen LogP contribution in [0.5, 0.6) is 0 Å². The molecule has 0 aromatic carbocycles. The fourth-order valence-electron chi connectivity index (χ4n) is 2.43. The molecular weight excluding hydrogens is 283 g/mol. The number of carbonyl (C=O) groups is 1. The van der Waals surface area contributed by atoms with Crippen LogP contribution in [0.2, 0.25) is 0 Å². The third-order valence-corrected chi connectivity index (χ3v) is 4.62. The van der Waals surface area contributed by atoms with Crippen molar-refractivity contribution in [3.05, 3.63) is 18.0 Å². The van der Waals surface area contributed by atoms with Crippen molar-refractivity contribution in [1.82, 2.24) is 9.78 Å². The summed E-state index contributed by atoms with van der Waals surface area (Å²) in [7, 11) is 0.887. The van der Waals surface area contributed by atoms with Crippen LogP contribution in [-0.2, 0) is 25.4 Å². The van der Waals surface area contributed by atoms with Gasteiger partial charge in [-0.3, -0.25) is 9.48 Å².